The minimum Gasteiger partial charge on any atom is -0.464 e. The molecule has 0 heterocycles. The van der Waals surface area contributed by atoms with Crippen LogP contribution >= 0.6 is 8.25 Å². The van der Waals surface area contributed by atoms with Crippen molar-refractivity contribution < 1.29 is 23.1 Å². The van der Waals surface area contributed by atoms with Crippen LogP contribution in [0.4, 0.5) is 0 Å². The topological polar surface area (TPSA) is 87.8 Å². The van der Waals surface area contributed by atoms with Crippen LogP contribution in [0, 0.1) is 0 Å². The summed E-state index contributed by atoms with van der Waals surface area (Å²) >= 11 is 0. The first-order valence-corrected chi connectivity index (χ1v) is 7.64. The molecule has 20 heavy (non-hydrogen) atoms. The van der Waals surface area contributed by atoms with E-state index in [4.69, 9.17) is 19.5 Å². The van der Waals surface area contributed by atoms with E-state index in [1.807, 2.05) is 12.1 Å². The summed E-state index contributed by atoms with van der Waals surface area (Å²) in [4.78, 5) is 11.4. The highest BCUT2D eigenvalue weighted by molar-refractivity contribution is 7.33. The Morgan fingerprint density at radius 2 is 2.10 bits per heavy atom. The predicted molar refractivity (Wildman–Crippen MR) is 76.0 cm³/mol. The number of ether oxygens (including phenoxy) is 1. The normalized spacial score (nSPS) is 13.6. The Kier molecular flexibility index (Phi) is 7.30. The Balaban J connectivity index is 2.60. The SMILES string of the molecule is CCOC(=O)C(C)O[PH](=O)Oc1ccccc1CCN. The van der Waals surface area contributed by atoms with Crippen molar-refractivity contribution in [3.05, 3.63) is 29.8 Å². The molecule has 0 spiro atoms. The van der Waals surface area contributed by atoms with Gasteiger partial charge in [-0.15, -0.1) is 0 Å². The molecule has 0 fully saturated rings. The quantitative estimate of drug-likeness (QED) is 0.583. The number of carbonyl (C=O) groups excluding carboxylic acids is 1. The third-order valence-corrected chi connectivity index (χ3v) is 3.40. The lowest BCUT2D eigenvalue weighted by molar-refractivity contribution is -0.150. The second-order valence-electron chi connectivity index (χ2n) is 4.01. The smallest absolute Gasteiger partial charge is 0.368 e. The number of para-hydroxylation sites is 1. The van der Waals surface area contributed by atoms with E-state index in [9.17, 15) is 9.36 Å². The molecule has 112 valence electrons. The maximum absolute atomic E-state index is 11.8. The number of esters is 1. The number of nitrogens with two attached hydrogens (primary N) is 1. The largest absolute Gasteiger partial charge is 0.464 e. The highest BCUT2D eigenvalue weighted by Crippen LogP contribution is 2.32. The summed E-state index contributed by atoms with van der Waals surface area (Å²) in [5, 5.41) is 0. The molecular weight excluding hydrogens is 281 g/mol. The molecule has 0 bridgehead atoms. The van der Waals surface area contributed by atoms with Gasteiger partial charge in [-0.2, -0.15) is 0 Å². The van der Waals surface area contributed by atoms with Crippen molar-refractivity contribution in [1.82, 2.24) is 0 Å². The minimum atomic E-state index is -2.84. The monoisotopic (exact) mass is 301 g/mol. The second-order valence-corrected chi connectivity index (χ2v) is 4.95. The summed E-state index contributed by atoms with van der Waals surface area (Å²) in [5.74, 6) is -0.109. The van der Waals surface area contributed by atoms with Crippen molar-refractivity contribution in [1.29, 1.82) is 0 Å². The fourth-order valence-corrected chi connectivity index (χ4v) is 2.34. The minimum absolute atomic E-state index is 0.244. The van der Waals surface area contributed by atoms with Crippen molar-refractivity contribution >= 4 is 14.2 Å². The lowest BCUT2D eigenvalue weighted by Gasteiger charge is -2.14. The fraction of sp³-hybridized carbons (Fsp3) is 0.462. The van der Waals surface area contributed by atoms with Crippen LogP contribution in [0.1, 0.15) is 19.4 Å². The van der Waals surface area contributed by atoms with Gasteiger partial charge in [0.15, 0.2) is 6.10 Å². The number of benzene rings is 1. The lowest BCUT2D eigenvalue weighted by atomic mass is 10.1. The van der Waals surface area contributed by atoms with Crippen molar-refractivity contribution in [2.45, 2.75) is 26.4 Å². The van der Waals surface area contributed by atoms with E-state index in [1.165, 1.54) is 6.92 Å². The molecule has 0 amide bonds. The summed E-state index contributed by atoms with van der Waals surface area (Å²) < 4.78 is 26.8. The van der Waals surface area contributed by atoms with Gasteiger partial charge in [0, 0.05) is 0 Å². The van der Waals surface area contributed by atoms with E-state index in [1.54, 1.807) is 19.1 Å². The third-order valence-electron chi connectivity index (χ3n) is 2.47. The van der Waals surface area contributed by atoms with Crippen LogP contribution in [0.15, 0.2) is 24.3 Å². The molecule has 2 unspecified atom stereocenters. The van der Waals surface area contributed by atoms with E-state index in [-0.39, 0.29) is 6.61 Å². The molecule has 7 heteroatoms. The van der Waals surface area contributed by atoms with Crippen LogP contribution in [-0.4, -0.2) is 25.2 Å². The van der Waals surface area contributed by atoms with Gasteiger partial charge < -0.3 is 15.0 Å². The van der Waals surface area contributed by atoms with Crippen LogP contribution in [0.2, 0.25) is 0 Å². The summed E-state index contributed by atoms with van der Waals surface area (Å²) in [6, 6.07) is 7.13. The number of carbonyl (C=O) groups is 1. The fourth-order valence-electron chi connectivity index (χ4n) is 1.53. The molecule has 0 radical (unpaired) electrons. The molecule has 1 rings (SSSR count). The van der Waals surface area contributed by atoms with Gasteiger partial charge in [-0.1, -0.05) is 18.2 Å². The van der Waals surface area contributed by atoms with E-state index in [2.05, 4.69) is 0 Å². The molecule has 6 nitrogen and oxygen atoms in total. The standard InChI is InChI=1S/C13H20NO5P/c1-3-17-13(15)10(2)18-20(16)19-12-7-5-4-6-11(12)8-9-14/h4-7,10,20H,3,8-9,14H2,1-2H3. The zero-order valence-corrected chi connectivity index (χ0v) is 12.6. The Morgan fingerprint density at radius 3 is 2.75 bits per heavy atom. The molecule has 1 aromatic rings. The van der Waals surface area contributed by atoms with Gasteiger partial charge in [0.25, 0.3) is 0 Å². The maximum Gasteiger partial charge on any atom is 0.368 e. The van der Waals surface area contributed by atoms with Crippen LogP contribution < -0.4 is 10.3 Å². The van der Waals surface area contributed by atoms with Crippen molar-refractivity contribution in [2.24, 2.45) is 5.73 Å². The van der Waals surface area contributed by atoms with Gasteiger partial charge in [-0.25, -0.2) is 9.36 Å². The highest BCUT2D eigenvalue weighted by atomic mass is 31.1. The summed E-state index contributed by atoms with van der Waals surface area (Å²) in [7, 11) is -2.84. The molecule has 1 aromatic carbocycles. The van der Waals surface area contributed by atoms with Crippen molar-refractivity contribution in [2.75, 3.05) is 13.2 Å². The second kappa shape index (κ2) is 8.74. The van der Waals surface area contributed by atoms with E-state index < -0.39 is 20.3 Å². The summed E-state index contributed by atoms with van der Waals surface area (Å²) in [6.07, 6.45) is -0.318. The summed E-state index contributed by atoms with van der Waals surface area (Å²) in [6.45, 7) is 3.86. The number of rotatable bonds is 8. The molecule has 0 saturated carbocycles. The van der Waals surface area contributed by atoms with Crippen LogP contribution in [-0.2, 0) is 25.0 Å². The van der Waals surface area contributed by atoms with Crippen LogP contribution in [0.5, 0.6) is 5.75 Å². The van der Waals surface area contributed by atoms with Gasteiger partial charge in [-0.3, -0.25) is 4.52 Å². The van der Waals surface area contributed by atoms with Crippen molar-refractivity contribution in [3.8, 4) is 5.75 Å². The van der Waals surface area contributed by atoms with Gasteiger partial charge >= 0.3 is 14.2 Å². The third kappa shape index (κ3) is 5.33. The molecule has 2 N–H and O–H groups in total. The highest BCUT2D eigenvalue weighted by Gasteiger charge is 2.18. The zero-order valence-electron chi connectivity index (χ0n) is 11.6. The first kappa shape index (κ1) is 16.7. The molecule has 0 aromatic heterocycles. The molecule has 2 atom stereocenters. The van der Waals surface area contributed by atoms with E-state index in [0.29, 0.717) is 18.7 Å². The molecular formula is C13H20NO5P. The first-order chi connectivity index (χ1) is 9.58. The van der Waals surface area contributed by atoms with E-state index >= 15 is 0 Å². The van der Waals surface area contributed by atoms with Crippen LogP contribution in [0.3, 0.4) is 0 Å². The van der Waals surface area contributed by atoms with Crippen LogP contribution in [0.25, 0.3) is 0 Å². The number of hydrogen-bond acceptors (Lipinski definition) is 6. The predicted octanol–water partition coefficient (Wildman–Crippen LogP) is 1.92. The van der Waals surface area contributed by atoms with Gasteiger partial charge in [-0.05, 0) is 38.4 Å². The first-order valence-electron chi connectivity index (χ1n) is 6.41. The maximum atomic E-state index is 11.8. The average Bonchev–Trinajstić information content (AvgIpc) is 2.41. The van der Waals surface area contributed by atoms with Gasteiger partial charge in [0.2, 0.25) is 0 Å². The molecule has 0 aliphatic heterocycles. The van der Waals surface area contributed by atoms with Gasteiger partial charge in [0.05, 0.1) is 6.61 Å². The summed E-state index contributed by atoms with van der Waals surface area (Å²) in [5.41, 5.74) is 6.34. The zero-order chi connectivity index (χ0) is 15.0. The van der Waals surface area contributed by atoms with Gasteiger partial charge in [0.1, 0.15) is 5.75 Å². The molecule has 0 aliphatic carbocycles. The average molecular weight is 301 g/mol. The molecule has 0 aliphatic rings. The van der Waals surface area contributed by atoms with E-state index in [0.717, 1.165) is 5.56 Å². The number of hydrogen-bond donors (Lipinski definition) is 1. The molecule has 0 saturated heterocycles. The Labute approximate surface area is 119 Å². The van der Waals surface area contributed by atoms with Crippen molar-refractivity contribution in [3.63, 3.8) is 0 Å². The Hall–Kier alpha value is -1.36. The Bertz CT molecular complexity index is 466. The lowest BCUT2D eigenvalue weighted by Crippen LogP contribution is -2.21. The Morgan fingerprint density at radius 1 is 1.40 bits per heavy atom.